The van der Waals surface area contributed by atoms with Crippen LogP contribution in [0.2, 0.25) is 0 Å². The Balaban J connectivity index is 1.08. The van der Waals surface area contributed by atoms with Crippen LogP contribution in [0.15, 0.2) is 91.0 Å². The van der Waals surface area contributed by atoms with E-state index >= 15 is 0 Å². The molecule has 44 heavy (non-hydrogen) atoms. The highest BCUT2D eigenvalue weighted by Crippen LogP contribution is 2.37. The number of piperazine rings is 1. The number of likely N-dealkylation sites (tertiary alicyclic amines) is 2. The van der Waals surface area contributed by atoms with Crippen LogP contribution in [0, 0.1) is 0 Å². The number of carbonyl (C=O) groups excluding carboxylic acids is 2. The van der Waals surface area contributed by atoms with E-state index in [1.165, 1.54) is 36.8 Å². The summed E-state index contributed by atoms with van der Waals surface area (Å²) >= 11 is 0. The van der Waals surface area contributed by atoms with E-state index in [1.807, 2.05) is 30.3 Å². The first-order valence-electron chi connectivity index (χ1n) is 16.8. The number of carbonyl (C=O) groups is 2. The van der Waals surface area contributed by atoms with Crippen LogP contribution < -0.4 is 5.32 Å². The van der Waals surface area contributed by atoms with Crippen molar-refractivity contribution < 1.29 is 9.59 Å². The lowest BCUT2D eigenvalue weighted by atomic mass is 9.79. The predicted octanol–water partition coefficient (Wildman–Crippen LogP) is 5.47. The summed E-state index contributed by atoms with van der Waals surface area (Å²) in [5, 5.41) is 3.21. The number of amides is 2. The van der Waals surface area contributed by atoms with Crippen LogP contribution in [-0.2, 0) is 29.0 Å². The maximum Gasteiger partial charge on any atom is 0.246 e. The zero-order valence-corrected chi connectivity index (χ0v) is 26.1. The summed E-state index contributed by atoms with van der Waals surface area (Å²) in [6.45, 7) is 5.45. The number of hydrogen-bond acceptors (Lipinski definition) is 4. The number of nitrogens with zero attached hydrogens (tertiary/aromatic N) is 3. The molecule has 6 heteroatoms. The number of piperidine rings is 1. The van der Waals surface area contributed by atoms with E-state index < -0.39 is 11.6 Å². The topological polar surface area (TPSA) is 55.9 Å². The molecule has 3 aromatic rings. The van der Waals surface area contributed by atoms with Crippen molar-refractivity contribution in [3.8, 4) is 0 Å². The van der Waals surface area contributed by atoms with Gasteiger partial charge in [-0.05, 0) is 61.8 Å². The molecular formula is C38H48N4O2. The maximum atomic E-state index is 14.3. The summed E-state index contributed by atoms with van der Waals surface area (Å²) in [7, 11) is 0. The number of benzene rings is 3. The van der Waals surface area contributed by atoms with E-state index in [4.69, 9.17) is 0 Å². The molecule has 1 spiro atoms. The largest absolute Gasteiger partial charge is 0.342 e. The Labute approximate surface area is 263 Å². The van der Waals surface area contributed by atoms with Crippen LogP contribution in [-0.4, -0.2) is 76.9 Å². The Kier molecular flexibility index (Phi) is 10.1. The molecule has 3 aliphatic heterocycles. The van der Waals surface area contributed by atoms with Gasteiger partial charge in [-0.2, -0.15) is 0 Å². The van der Waals surface area contributed by atoms with Crippen molar-refractivity contribution in [1.82, 2.24) is 20.0 Å². The molecule has 2 amide bonds. The molecule has 2 atom stereocenters. The molecule has 6 nitrogen and oxygen atoms in total. The van der Waals surface area contributed by atoms with Gasteiger partial charge in [0.05, 0.1) is 0 Å². The van der Waals surface area contributed by atoms with Crippen LogP contribution in [0.25, 0.3) is 0 Å². The lowest BCUT2D eigenvalue weighted by molar-refractivity contribution is -0.164. The number of hydrogen-bond donors (Lipinski definition) is 1. The minimum Gasteiger partial charge on any atom is -0.342 e. The minimum absolute atomic E-state index is 0.0557. The van der Waals surface area contributed by atoms with Crippen molar-refractivity contribution in [2.24, 2.45) is 0 Å². The van der Waals surface area contributed by atoms with Crippen LogP contribution in [0.1, 0.15) is 61.6 Å². The highest BCUT2D eigenvalue weighted by molar-refractivity contribution is 6.00. The monoisotopic (exact) mass is 592 g/mol. The standard InChI is InChI=1S/C38H48N4O2/c43-36-35(28-32-17-9-4-10-18-32)39-37(44)38(42(36)34-21-25-41(30-34)29-33-19-11-5-12-20-33)22-26-40(27-23-38)24-13-2-1-6-14-31-15-7-3-8-16-31/h3-5,7-12,15-20,34-35H,1-2,6,13-14,21-30H2,(H,39,44). The fourth-order valence-electron chi connectivity index (χ4n) is 7.65. The van der Waals surface area contributed by atoms with Crippen LogP contribution >= 0.6 is 0 Å². The molecule has 0 aromatic heterocycles. The Bertz CT molecular complexity index is 1340. The zero-order chi connectivity index (χ0) is 30.2. The highest BCUT2D eigenvalue weighted by atomic mass is 16.2. The fourth-order valence-corrected chi connectivity index (χ4v) is 7.65. The Morgan fingerprint density at radius 1 is 0.682 bits per heavy atom. The van der Waals surface area contributed by atoms with Gasteiger partial charge in [0.1, 0.15) is 11.6 Å². The minimum atomic E-state index is -0.746. The lowest BCUT2D eigenvalue weighted by Gasteiger charge is -2.53. The number of aryl methyl sites for hydroxylation is 1. The first-order valence-corrected chi connectivity index (χ1v) is 16.8. The normalized spacial score (nSPS) is 22.4. The van der Waals surface area contributed by atoms with Gasteiger partial charge in [0.2, 0.25) is 11.8 Å². The third-order valence-corrected chi connectivity index (χ3v) is 10.1. The molecule has 3 aliphatic rings. The summed E-state index contributed by atoms with van der Waals surface area (Å²) in [4.78, 5) is 35.5. The first-order chi connectivity index (χ1) is 21.6. The second-order valence-electron chi connectivity index (χ2n) is 13.1. The molecular weight excluding hydrogens is 544 g/mol. The van der Waals surface area contributed by atoms with E-state index in [2.05, 4.69) is 80.7 Å². The third-order valence-electron chi connectivity index (χ3n) is 10.1. The van der Waals surface area contributed by atoms with Crippen molar-refractivity contribution in [3.05, 3.63) is 108 Å². The molecule has 2 unspecified atom stereocenters. The fraction of sp³-hybridized carbons (Fsp3) is 0.474. The first kappa shape index (κ1) is 30.5. The van der Waals surface area contributed by atoms with Gasteiger partial charge in [0.15, 0.2) is 0 Å². The van der Waals surface area contributed by atoms with Gasteiger partial charge >= 0.3 is 0 Å². The summed E-state index contributed by atoms with van der Waals surface area (Å²) < 4.78 is 0. The van der Waals surface area contributed by atoms with Crippen molar-refractivity contribution in [1.29, 1.82) is 0 Å². The maximum absolute atomic E-state index is 14.3. The van der Waals surface area contributed by atoms with E-state index in [1.54, 1.807) is 0 Å². The average Bonchev–Trinajstić information content (AvgIpc) is 3.51. The lowest BCUT2D eigenvalue weighted by Crippen LogP contribution is -2.75. The quantitative estimate of drug-likeness (QED) is 0.284. The highest BCUT2D eigenvalue weighted by Gasteiger charge is 2.56. The molecule has 0 radical (unpaired) electrons. The van der Waals surface area contributed by atoms with Crippen LogP contribution in [0.3, 0.4) is 0 Å². The predicted molar refractivity (Wildman–Crippen MR) is 176 cm³/mol. The van der Waals surface area contributed by atoms with Crippen molar-refractivity contribution in [2.75, 3.05) is 32.7 Å². The molecule has 0 saturated carbocycles. The number of unbranched alkanes of at least 4 members (excludes halogenated alkanes) is 3. The third kappa shape index (κ3) is 7.24. The Morgan fingerprint density at radius 3 is 1.98 bits per heavy atom. The second kappa shape index (κ2) is 14.5. The summed E-state index contributed by atoms with van der Waals surface area (Å²) in [6, 6.07) is 31.0. The summed E-state index contributed by atoms with van der Waals surface area (Å²) in [5.41, 5.74) is 3.05. The van der Waals surface area contributed by atoms with Gasteiger partial charge in [0, 0.05) is 45.2 Å². The number of rotatable bonds is 12. The Hall–Kier alpha value is -3.48. The summed E-state index contributed by atoms with van der Waals surface area (Å²) in [6.07, 6.45) is 8.94. The van der Waals surface area contributed by atoms with Gasteiger partial charge < -0.3 is 15.1 Å². The number of nitrogens with one attached hydrogen (secondary N) is 1. The van der Waals surface area contributed by atoms with Gasteiger partial charge in [-0.3, -0.25) is 14.5 Å². The van der Waals surface area contributed by atoms with E-state index in [0.29, 0.717) is 19.3 Å². The van der Waals surface area contributed by atoms with Gasteiger partial charge in [-0.15, -0.1) is 0 Å². The SMILES string of the molecule is O=C1C(Cc2ccccc2)NC(=O)C2(CCN(CCCCCCc3ccccc3)CC2)N1C1CCN(Cc2ccccc2)C1. The van der Waals surface area contributed by atoms with Crippen LogP contribution in [0.4, 0.5) is 0 Å². The molecule has 3 heterocycles. The zero-order valence-electron chi connectivity index (χ0n) is 26.1. The van der Waals surface area contributed by atoms with E-state index in [-0.39, 0.29) is 17.9 Å². The Morgan fingerprint density at radius 2 is 1.30 bits per heavy atom. The second-order valence-corrected chi connectivity index (χ2v) is 13.1. The molecule has 3 fully saturated rings. The molecule has 3 aromatic carbocycles. The molecule has 0 bridgehead atoms. The average molecular weight is 593 g/mol. The molecule has 6 rings (SSSR count). The molecule has 0 aliphatic carbocycles. The van der Waals surface area contributed by atoms with Crippen molar-refractivity contribution in [2.45, 2.75) is 82.0 Å². The smallest absolute Gasteiger partial charge is 0.246 e. The van der Waals surface area contributed by atoms with Gasteiger partial charge in [0.25, 0.3) is 0 Å². The summed E-state index contributed by atoms with van der Waals surface area (Å²) in [5.74, 6) is 0.159. The van der Waals surface area contributed by atoms with E-state index in [0.717, 1.165) is 57.7 Å². The van der Waals surface area contributed by atoms with E-state index in [9.17, 15) is 9.59 Å². The molecule has 1 N–H and O–H groups in total. The van der Waals surface area contributed by atoms with Crippen molar-refractivity contribution >= 4 is 11.8 Å². The van der Waals surface area contributed by atoms with Gasteiger partial charge in [-0.1, -0.05) is 104 Å². The van der Waals surface area contributed by atoms with Crippen LogP contribution in [0.5, 0.6) is 0 Å². The molecule has 3 saturated heterocycles. The van der Waals surface area contributed by atoms with Gasteiger partial charge in [-0.25, -0.2) is 0 Å². The van der Waals surface area contributed by atoms with Crippen molar-refractivity contribution in [3.63, 3.8) is 0 Å². The molecule has 232 valence electrons.